The lowest BCUT2D eigenvalue weighted by Gasteiger charge is -2.31. The van der Waals surface area contributed by atoms with Gasteiger partial charge in [-0.2, -0.15) is 0 Å². The van der Waals surface area contributed by atoms with E-state index < -0.39 is 0 Å². The number of piperidine rings is 1. The van der Waals surface area contributed by atoms with Gasteiger partial charge in [-0.05, 0) is 23.8 Å². The summed E-state index contributed by atoms with van der Waals surface area (Å²) in [5.41, 5.74) is 0.982. The molecule has 1 saturated heterocycles. The zero-order valence-electron chi connectivity index (χ0n) is 12.7. The minimum atomic E-state index is 0.0666. The standard InChI is InChI=1S/C17H18ClN3O2/c18-14-4-2-13(3-5-14)12-16(22)21-10-6-15(7-11-21)23-17-19-8-1-9-20-17/h1-5,8-9,15H,6-7,10-12H2. The Balaban J connectivity index is 1.48. The van der Waals surface area contributed by atoms with Crippen molar-refractivity contribution in [2.75, 3.05) is 13.1 Å². The number of aromatic nitrogens is 2. The molecule has 0 N–H and O–H groups in total. The fourth-order valence-corrected chi connectivity index (χ4v) is 2.73. The monoisotopic (exact) mass is 331 g/mol. The number of ether oxygens (including phenoxy) is 1. The molecule has 1 aliphatic heterocycles. The Kier molecular flexibility index (Phi) is 5.08. The first kappa shape index (κ1) is 15.7. The predicted octanol–water partition coefficient (Wildman–Crippen LogP) is 2.74. The van der Waals surface area contributed by atoms with Gasteiger partial charge in [0.25, 0.3) is 0 Å². The maximum absolute atomic E-state index is 12.3. The van der Waals surface area contributed by atoms with E-state index in [-0.39, 0.29) is 12.0 Å². The molecule has 23 heavy (non-hydrogen) atoms. The van der Waals surface area contributed by atoms with Crippen LogP contribution in [0.25, 0.3) is 0 Å². The van der Waals surface area contributed by atoms with Crippen LogP contribution in [0.2, 0.25) is 5.02 Å². The van der Waals surface area contributed by atoms with E-state index in [1.807, 2.05) is 29.2 Å². The Hall–Kier alpha value is -2.14. The predicted molar refractivity (Wildman–Crippen MR) is 87.4 cm³/mol. The summed E-state index contributed by atoms with van der Waals surface area (Å²) in [5.74, 6) is 0.140. The number of halogens is 1. The van der Waals surface area contributed by atoms with Crippen molar-refractivity contribution in [3.8, 4) is 6.01 Å². The van der Waals surface area contributed by atoms with Crippen molar-refractivity contribution < 1.29 is 9.53 Å². The summed E-state index contributed by atoms with van der Waals surface area (Å²) in [6.45, 7) is 1.40. The molecule has 3 rings (SSSR count). The summed E-state index contributed by atoms with van der Waals surface area (Å²) in [7, 11) is 0. The van der Waals surface area contributed by atoms with Crippen molar-refractivity contribution in [3.63, 3.8) is 0 Å². The van der Waals surface area contributed by atoms with Gasteiger partial charge in [0.1, 0.15) is 6.10 Å². The number of nitrogens with zero attached hydrogens (tertiary/aromatic N) is 3. The average Bonchev–Trinajstić information content (AvgIpc) is 2.58. The van der Waals surface area contributed by atoms with E-state index in [2.05, 4.69) is 9.97 Å². The molecule has 0 bridgehead atoms. The molecular formula is C17H18ClN3O2. The molecule has 120 valence electrons. The quantitative estimate of drug-likeness (QED) is 0.864. The molecular weight excluding hydrogens is 314 g/mol. The van der Waals surface area contributed by atoms with Crippen LogP contribution in [-0.4, -0.2) is 40.0 Å². The van der Waals surface area contributed by atoms with E-state index >= 15 is 0 Å². The van der Waals surface area contributed by atoms with Crippen LogP contribution < -0.4 is 4.74 Å². The number of carbonyl (C=O) groups is 1. The van der Waals surface area contributed by atoms with E-state index in [0.717, 1.165) is 18.4 Å². The number of benzene rings is 1. The van der Waals surface area contributed by atoms with Crippen LogP contribution in [0, 0.1) is 0 Å². The molecule has 2 aromatic rings. The van der Waals surface area contributed by atoms with Gasteiger partial charge in [0.15, 0.2) is 0 Å². The second kappa shape index (κ2) is 7.42. The third-order valence-electron chi connectivity index (χ3n) is 3.88. The van der Waals surface area contributed by atoms with Crippen LogP contribution in [0.4, 0.5) is 0 Å². The Morgan fingerprint density at radius 1 is 1.17 bits per heavy atom. The van der Waals surface area contributed by atoms with Crippen LogP contribution >= 0.6 is 11.6 Å². The smallest absolute Gasteiger partial charge is 0.316 e. The van der Waals surface area contributed by atoms with Gasteiger partial charge >= 0.3 is 6.01 Å². The molecule has 0 unspecified atom stereocenters. The molecule has 0 atom stereocenters. The van der Waals surface area contributed by atoms with Crippen LogP contribution in [-0.2, 0) is 11.2 Å². The van der Waals surface area contributed by atoms with Gasteiger partial charge in [0.2, 0.25) is 5.91 Å². The van der Waals surface area contributed by atoms with Gasteiger partial charge in [0, 0.05) is 43.3 Å². The Bertz CT molecular complexity index is 641. The van der Waals surface area contributed by atoms with E-state index in [0.29, 0.717) is 30.5 Å². The molecule has 0 aliphatic carbocycles. The summed E-state index contributed by atoms with van der Waals surface area (Å²) < 4.78 is 5.74. The largest absolute Gasteiger partial charge is 0.460 e. The maximum atomic E-state index is 12.3. The molecule has 0 radical (unpaired) electrons. The van der Waals surface area contributed by atoms with Gasteiger partial charge in [-0.3, -0.25) is 4.79 Å². The summed E-state index contributed by atoms with van der Waals surface area (Å²) in [6, 6.07) is 9.56. The molecule has 1 aromatic carbocycles. The van der Waals surface area contributed by atoms with Crippen molar-refractivity contribution in [2.45, 2.75) is 25.4 Å². The van der Waals surface area contributed by atoms with Crippen molar-refractivity contribution >= 4 is 17.5 Å². The first-order valence-electron chi connectivity index (χ1n) is 7.66. The average molecular weight is 332 g/mol. The van der Waals surface area contributed by atoms with Gasteiger partial charge in [-0.25, -0.2) is 9.97 Å². The number of amides is 1. The molecule has 2 heterocycles. The van der Waals surface area contributed by atoms with E-state index in [1.54, 1.807) is 18.5 Å². The zero-order valence-corrected chi connectivity index (χ0v) is 13.4. The number of carbonyl (C=O) groups excluding carboxylic acids is 1. The molecule has 5 nitrogen and oxygen atoms in total. The van der Waals surface area contributed by atoms with Crippen molar-refractivity contribution in [1.82, 2.24) is 14.9 Å². The van der Waals surface area contributed by atoms with Crippen LogP contribution in [0.5, 0.6) is 6.01 Å². The highest BCUT2D eigenvalue weighted by atomic mass is 35.5. The maximum Gasteiger partial charge on any atom is 0.316 e. The minimum Gasteiger partial charge on any atom is -0.460 e. The van der Waals surface area contributed by atoms with Crippen molar-refractivity contribution in [2.24, 2.45) is 0 Å². The molecule has 0 saturated carbocycles. The lowest BCUT2D eigenvalue weighted by atomic mass is 10.1. The Labute approximate surface area is 140 Å². The molecule has 1 fully saturated rings. The van der Waals surface area contributed by atoms with E-state index in [9.17, 15) is 4.79 Å². The summed E-state index contributed by atoms with van der Waals surface area (Å²) in [5, 5.41) is 0.683. The number of rotatable bonds is 4. The fraction of sp³-hybridized carbons (Fsp3) is 0.353. The molecule has 1 amide bonds. The lowest BCUT2D eigenvalue weighted by molar-refractivity contribution is -0.132. The Morgan fingerprint density at radius 3 is 2.48 bits per heavy atom. The highest BCUT2D eigenvalue weighted by molar-refractivity contribution is 6.30. The number of hydrogen-bond donors (Lipinski definition) is 0. The minimum absolute atomic E-state index is 0.0666. The first-order chi connectivity index (χ1) is 11.2. The van der Waals surface area contributed by atoms with Crippen LogP contribution in [0.3, 0.4) is 0 Å². The first-order valence-corrected chi connectivity index (χ1v) is 8.04. The summed E-state index contributed by atoms with van der Waals surface area (Å²) in [4.78, 5) is 22.4. The molecule has 0 spiro atoms. The molecule has 1 aromatic heterocycles. The second-order valence-corrected chi connectivity index (χ2v) is 5.97. The number of likely N-dealkylation sites (tertiary alicyclic amines) is 1. The number of hydrogen-bond acceptors (Lipinski definition) is 4. The fourth-order valence-electron chi connectivity index (χ4n) is 2.61. The second-order valence-electron chi connectivity index (χ2n) is 5.53. The Morgan fingerprint density at radius 2 is 1.83 bits per heavy atom. The summed E-state index contributed by atoms with van der Waals surface area (Å²) >= 11 is 5.86. The molecule has 1 aliphatic rings. The van der Waals surface area contributed by atoms with Gasteiger partial charge < -0.3 is 9.64 Å². The van der Waals surface area contributed by atoms with Gasteiger partial charge in [-0.15, -0.1) is 0 Å². The van der Waals surface area contributed by atoms with Crippen molar-refractivity contribution in [3.05, 3.63) is 53.3 Å². The van der Waals surface area contributed by atoms with Gasteiger partial charge in [-0.1, -0.05) is 23.7 Å². The topological polar surface area (TPSA) is 55.3 Å². The van der Waals surface area contributed by atoms with Crippen molar-refractivity contribution in [1.29, 1.82) is 0 Å². The van der Waals surface area contributed by atoms with E-state index in [1.165, 1.54) is 0 Å². The van der Waals surface area contributed by atoms with Crippen LogP contribution in [0.15, 0.2) is 42.7 Å². The normalized spacial score (nSPS) is 15.4. The zero-order chi connectivity index (χ0) is 16.1. The summed E-state index contributed by atoms with van der Waals surface area (Å²) in [6.07, 6.45) is 5.39. The third-order valence-corrected chi connectivity index (χ3v) is 4.13. The van der Waals surface area contributed by atoms with Gasteiger partial charge in [0.05, 0.1) is 6.42 Å². The third kappa shape index (κ3) is 4.42. The highest BCUT2D eigenvalue weighted by Gasteiger charge is 2.24. The molecule has 6 heteroatoms. The van der Waals surface area contributed by atoms with E-state index in [4.69, 9.17) is 16.3 Å². The highest BCUT2D eigenvalue weighted by Crippen LogP contribution is 2.17. The SMILES string of the molecule is O=C(Cc1ccc(Cl)cc1)N1CCC(Oc2ncccn2)CC1. The lowest BCUT2D eigenvalue weighted by Crippen LogP contribution is -2.42. The van der Waals surface area contributed by atoms with Crippen LogP contribution in [0.1, 0.15) is 18.4 Å².